The molecule has 0 aliphatic carbocycles. The van der Waals surface area contributed by atoms with Crippen LogP contribution >= 0.6 is 15.8 Å². The van der Waals surface area contributed by atoms with E-state index in [1.807, 2.05) is 6.07 Å². The summed E-state index contributed by atoms with van der Waals surface area (Å²) in [6, 6.07) is 64.9. The zero-order chi connectivity index (χ0) is 32.1. The van der Waals surface area contributed by atoms with Gasteiger partial charge in [-0.2, -0.15) is 0 Å². The zero-order valence-corrected chi connectivity index (χ0v) is 28.1. The molecule has 8 rings (SSSR count). The Morgan fingerprint density at radius 3 is 1.29 bits per heavy atom. The summed E-state index contributed by atoms with van der Waals surface area (Å²) in [5.74, 6) is 0. The van der Waals surface area contributed by atoms with Crippen molar-refractivity contribution in [2.75, 3.05) is 0 Å². The summed E-state index contributed by atoms with van der Waals surface area (Å²) in [6.45, 7) is 0. The van der Waals surface area contributed by atoms with Gasteiger partial charge in [0.1, 0.15) is 0 Å². The Balaban J connectivity index is 1.42. The lowest BCUT2D eigenvalue weighted by molar-refractivity contribution is 1.41. The van der Waals surface area contributed by atoms with Crippen LogP contribution in [0.4, 0.5) is 0 Å². The van der Waals surface area contributed by atoms with Crippen LogP contribution in [-0.4, -0.2) is 9.97 Å². The predicted molar refractivity (Wildman–Crippen MR) is 210 cm³/mol. The van der Waals surface area contributed by atoms with Crippen molar-refractivity contribution in [3.05, 3.63) is 193 Å². The Bertz CT molecular complexity index is 2250. The summed E-state index contributed by atoms with van der Waals surface area (Å²) >= 11 is 0. The van der Waals surface area contributed by atoms with Crippen molar-refractivity contribution in [2.24, 2.45) is 0 Å². The second-order valence-corrected chi connectivity index (χ2v) is 15.9. The third kappa shape index (κ3) is 6.10. The van der Waals surface area contributed by atoms with Crippen LogP contribution in [0.15, 0.2) is 182 Å². The van der Waals surface area contributed by atoms with Crippen LogP contribution in [0.1, 0.15) is 11.1 Å². The Kier molecular flexibility index (Phi) is 8.68. The molecule has 0 fully saturated rings. The number of nitrogens with zero attached hydrogens (tertiary/aromatic N) is 2. The van der Waals surface area contributed by atoms with Crippen LogP contribution in [-0.2, 0) is 0 Å². The van der Waals surface area contributed by atoms with E-state index in [1.54, 1.807) is 0 Å². The molecule has 48 heavy (non-hydrogen) atoms. The van der Waals surface area contributed by atoms with Crippen LogP contribution in [0.25, 0.3) is 34.2 Å². The molecule has 0 saturated carbocycles. The van der Waals surface area contributed by atoms with E-state index >= 15 is 0 Å². The lowest BCUT2D eigenvalue weighted by atomic mass is 10.1. The van der Waals surface area contributed by atoms with Gasteiger partial charge in [0.2, 0.25) is 0 Å². The number of benzene rings is 7. The molecule has 2 nitrogen and oxygen atoms in total. The Morgan fingerprint density at radius 1 is 0.333 bits per heavy atom. The molecule has 8 aromatic rings. The third-order valence-electron chi connectivity index (χ3n) is 8.40. The highest BCUT2D eigenvalue weighted by molar-refractivity contribution is 7.80. The van der Waals surface area contributed by atoms with E-state index in [0.717, 1.165) is 33.2 Å². The van der Waals surface area contributed by atoms with Crippen LogP contribution in [0.2, 0.25) is 0 Å². The number of hydrogen-bond acceptors (Lipinski definition) is 2. The molecule has 0 aliphatic rings. The van der Waals surface area contributed by atoms with Crippen LogP contribution in [0.5, 0.6) is 0 Å². The minimum Gasteiger partial charge on any atom is -0.244 e. The fourth-order valence-electron chi connectivity index (χ4n) is 6.18. The number of hydrogen-bond donors (Lipinski definition) is 0. The molecular formula is C44H32N2P2. The molecule has 0 radical (unpaired) electrons. The van der Waals surface area contributed by atoms with Gasteiger partial charge in [0.05, 0.1) is 22.1 Å². The van der Waals surface area contributed by atoms with Gasteiger partial charge in [0.25, 0.3) is 0 Å². The quantitative estimate of drug-likeness (QED) is 0.0937. The van der Waals surface area contributed by atoms with Gasteiger partial charge in [-0.15, -0.1) is 0 Å². The third-order valence-corrected chi connectivity index (χ3v) is 13.3. The van der Waals surface area contributed by atoms with E-state index in [2.05, 4.69) is 188 Å². The largest absolute Gasteiger partial charge is 0.244 e. The summed E-state index contributed by atoms with van der Waals surface area (Å²) in [5.41, 5.74) is 5.97. The molecule has 0 spiro atoms. The number of rotatable bonds is 8. The molecule has 0 N–H and O–H groups in total. The van der Waals surface area contributed by atoms with Gasteiger partial charge in [-0.25, -0.2) is 9.97 Å². The maximum atomic E-state index is 5.67. The molecule has 1 heterocycles. The highest BCUT2D eigenvalue weighted by Gasteiger charge is 2.24. The van der Waals surface area contributed by atoms with Crippen molar-refractivity contribution >= 4 is 81.9 Å². The SMILES string of the molecule is C(=Cc1ccc(P(c2ccccc2)c2ccccc2)c2nc3c(P(c4ccccc4)c4ccccc4)cccc3nc12)c1ccccc1. The summed E-state index contributed by atoms with van der Waals surface area (Å²) in [5, 5.41) is 7.60. The van der Waals surface area contributed by atoms with E-state index in [-0.39, 0.29) is 0 Å². The van der Waals surface area contributed by atoms with E-state index in [9.17, 15) is 0 Å². The summed E-state index contributed by atoms with van der Waals surface area (Å²) in [4.78, 5) is 11.1. The first-order chi connectivity index (χ1) is 23.8. The van der Waals surface area contributed by atoms with Gasteiger partial charge in [-0.3, -0.25) is 0 Å². The molecule has 0 bridgehead atoms. The average molecular weight is 651 g/mol. The second-order valence-electron chi connectivity index (χ2n) is 11.5. The van der Waals surface area contributed by atoms with Crippen molar-refractivity contribution in [3.8, 4) is 0 Å². The van der Waals surface area contributed by atoms with Gasteiger partial charge in [-0.1, -0.05) is 188 Å². The first kappa shape index (κ1) is 30.1. The monoisotopic (exact) mass is 650 g/mol. The minimum atomic E-state index is -0.901. The molecule has 7 aromatic carbocycles. The lowest BCUT2D eigenvalue weighted by Gasteiger charge is -2.23. The summed E-state index contributed by atoms with van der Waals surface area (Å²) in [7, 11) is -1.77. The Labute approximate surface area is 284 Å². The fourth-order valence-corrected chi connectivity index (χ4v) is 11.0. The van der Waals surface area contributed by atoms with E-state index < -0.39 is 15.8 Å². The number of para-hydroxylation sites is 1. The lowest BCUT2D eigenvalue weighted by Crippen LogP contribution is -2.24. The average Bonchev–Trinajstić information content (AvgIpc) is 3.16. The van der Waals surface area contributed by atoms with Crippen LogP contribution < -0.4 is 31.8 Å². The smallest absolute Gasteiger partial charge is 0.0984 e. The normalized spacial score (nSPS) is 11.6. The van der Waals surface area contributed by atoms with E-state index in [1.165, 1.54) is 31.8 Å². The highest BCUT2D eigenvalue weighted by Crippen LogP contribution is 2.38. The maximum Gasteiger partial charge on any atom is 0.0984 e. The van der Waals surface area contributed by atoms with E-state index in [0.29, 0.717) is 0 Å². The van der Waals surface area contributed by atoms with Gasteiger partial charge in [0.15, 0.2) is 0 Å². The molecule has 1 aromatic heterocycles. The standard InChI is InChI=1S/C44H32N2P2/c1-6-17-33(18-7-1)29-30-34-31-32-41(48(37-23-12-4-13-24-37)38-25-14-5-15-26-38)44-42(34)45-39-27-16-28-40(43(39)46-44)47(35-19-8-2-9-20-35)36-21-10-3-11-22-36/h1-32H. The zero-order valence-electron chi connectivity index (χ0n) is 26.3. The van der Waals surface area contributed by atoms with Crippen molar-refractivity contribution in [2.45, 2.75) is 0 Å². The first-order valence-corrected chi connectivity index (χ1v) is 18.8. The second kappa shape index (κ2) is 13.8. The minimum absolute atomic E-state index is 0.870. The summed E-state index contributed by atoms with van der Waals surface area (Å²) in [6.07, 6.45) is 4.35. The van der Waals surface area contributed by atoms with Crippen molar-refractivity contribution in [1.82, 2.24) is 9.97 Å². The van der Waals surface area contributed by atoms with Gasteiger partial charge < -0.3 is 0 Å². The first-order valence-electron chi connectivity index (χ1n) is 16.1. The topological polar surface area (TPSA) is 25.8 Å². The molecule has 228 valence electrons. The molecule has 0 aliphatic heterocycles. The molecule has 0 unspecified atom stereocenters. The van der Waals surface area contributed by atoms with Crippen LogP contribution in [0.3, 0.4) is 0 Å². The van der Waals surface area contributed by atoms with Gasteiger partial charge >= 0.3 is 0 Å². The molecule has 0 amide bonds. The van der Waals surface area contributed by atoms with Crippen molar-refractivity contribution in [3.63, 3.8) is 0 Å². The molecule has 0 saturated heterocycles. The van der Waals surface area contributed by atoms with Crippen LogP contribution in [0, 0.1) is 0 Å². The maximum absolute atomic E-state index is 5.67. The van der Waals surface area contributed by atoms with Crippen molar-refractivity contribution in [1.29, 1.82) is 0 Å². The van der Waals surface area contributed by atoms with E-state index in [4.69, 9.17) is 9.97 Å². The Hall–Kier alpha value is -5.26. The van der Waals surface area contributed by atoms with Gasteiger partial charge in [-0.05, 0) is 48.7 Å². The predicted octanol–water partition coefficient (Wildman–Crippen LogP) is 8.47. The Morgan fingerprint density at radius 2 is 0.792 bits per heavy atom. The molecule has 4 heteroatoms. The van der Waals surface area contributed by atoms with Gasteiger partial charge in [0, 0.05) is 16.2 Å². The number of fused-ring (bicyclic) bond motifs is 2. The fraction of sp³-hybridized carbons (Fsp3) is 0. The molecule has 0 atom stereocenters. The number of aromatic nitrogens is 2. The highest BCUT2D eigenvalue weighted by atomic mass is 31.1. The van der Waals surface area contributed by atoms with Crippen molar-refractivity contribution < 1.29 is 0 Å². The molecular weight excluding hydrogens is 618 g/mol. The summed E-state index contributed by atoms with van der Waals surface area (Å²) < 4.78 is 0.